The third-order valence-corrected chi connectivity index (χ3v) is 4.97. The Bertz CT molecular complexity index is 330. The van der Waals surface area contributed by atoms with Gasteiger partial charge in [-0.1, -0.05) is 19.8 Å². The Labute approximate surface area is 112 Å². The van der Waals surface area contributed by atoms with Gasteiger partial charge < -0.3 is 5.32 Å². The Morgan fingerprint density at radius 2 is 2.17 bits per heavy atom. The van der Waals surface area contributed by atoms with E-state index in [1.807, 2.05) is 0 Å². The normalized spacial score (nSPS) is 24.1. The summed E-state index contributed by atoms with van der Waals surface area (Å²) in [6, 6.07) is 0.540. The van der Waals surface area contributed by atoms with Crippen LogP contribution in [0.25, 0.3) is 0 Å². The van der Waals surface area contributed by atoms with Gasteiger partial charge >= 0.3 is 0 Å². The molecular formula is C13H28N2O2S. The lowest BCUT2D eigenvalue weighted by Gasteiger charge is -2.31. The smallest absolute Gasteiger partial charge is 0.211 e. The van der Waals surface area contributed by atoms with E-state index in [9.17, 15) is 8.42 Å². The van der Waals surface area contributed by atoms with Crippen LogP contribution in [0.3, 0.4) is 0 Å². The number of unbranched alkanes of at least 4 members (excludes halogenated alkanes) is 1. The number of nitrogens with one attached hydrogen (secondary N) is 1. The van der Waals surface area contributed by atoms with Gasteiger partial charge in [0.1, 0.15) is 0 Å². The molecule has 1 saturated heterocycles. The standard InChI is InChI=1S/C13H28N2O2S/c1-4-5-7-12(2)14-10-13-8-6-9-15(11-13)18(3,16)17/h12-14H,4-11H2,1-3H3. The molecule has 0 spiro atoms. The maximum absolute atomic E-state index is 11.5. The molecule has 18 heavy (non-hydrogen) atoms. The first-order chi connectivity index (χ1) is 8.43. The summed E-state index contributed by atoms with van der Waals surface area (Å²) < 4.78 is 24.7. The summed E-state index contributed by atoms with van der Waals surface area (Å²) in [4.78, 5) is 0. The molecule has 0 aromatic carbocycles. The van der Waals surface area contributed by atoms with Crippen LogP contribution in [0.1, 0.15) is 46.0 Å². The third kappa shape index (κ3) is 5.67. The highest BCUT2D eigenvalue weighted by molar-refractivity contribution is 7.88. The number of sulfonamides is 1. The summed E-state index contributed by atoms with van der Waals surface area (Å²) >= 11 is 0. The summed E-state index contributed by atoms with van der Waals surface area (Å²) in [6.45, 7) is 6.74. The van der Waals surface area contributed by atoms with Crippen molar-refractivity contribution in [3.63, 3.8) is 0 Å². The van der Waals surface area contributed by atoms with Gasteiger partial charge in [0.15, 0.2) is 0 Å². The van der Waals surface area contributed by atoms with Crippen LogP contribution in [0.5, 0.6) is 0 Å². The lowest BCUT2D eigenvalue weighted by atomic mass is 9.99. The molecule has 0 saturated carbocycles. The molecule has 0 radical (unpaired) electrons. The van der Waals surface area contributed by atoms with Crippen molar-refractivity contribution >= 4 is 10.0 Å². The molecule has 2 atom stereocenters. The Morgan fingerprint density at radius 1 is 1.44 bits per heavy atom. The van der Waals surface area contributed by atoms with Crippen LogP contribution in [-0.4, -0.2) is 44.7 Å². The second-order valence-electron chi connectivity index (χ2n) is 5.58. The summed E-state index contributed by atoms with van der Waals surface area (Å²) in [7, 11) is -3.01. The molecule has 108 valence electrons. The Hall–Kier alpha value is -0.130. The fourth-order valence-electron chi connectivity index (χ4n) is 2.47. The number of hydrogen-bond donors (Lipinski definition) is 1. The van der Waals surface area contributed by atoms with Crippen molar-refractivity contribution in [3.8, 4) is 0 Å². The van der Waals surface area contributed by atoms with E-state index in [1.54, 1.807) is 4.31 Å². The van der Waals surface area contributed by atoms with E-state index in [1.165, 1.54) is 25.5 Å². The van der Waals surface area contributed by atoms with E-state index >= 15 is 0 Å². The minimum Gasteiger partial charge on any atom is -0.314 e. The van der Waals surface area contributed by atoms with Crippen LogP contribution in [0.2, 0.25) is 0 Å². The molecule has 1 rings (SSSR count). The van der Waals surface area contributed by atoms with Crippen molar-refractivity contribution in [1.29, 1.82) is 0 Å². The number of nitrogens with zero attached hydrogens (tertiary/aromatic N) is 1. The van der Waals surface area contributed by atoms with Gasteiger partial charge in [-0.05, 0) is 38.6 Å². The number of rotatable bonds is 7. The summed E-state index contributed by atoms with van der Waals surface area (Å²) in [5.41, 5.74) is 0. The van der Waals surface area contributed by atoms with Crippen LogP contribution < -0.4 is 5.32 Å². The van der Waals surface area contributed by atoms with Crippen molar-refractivity contribution in [1.82, 2.24) is 9.62 Å². The fraction of sp³-hybridized carbons (Fsp3) is 1.00. The van der Waals surface area contributed by atoms with Crippen molar-refractivity contribution in [3.05, 3.63) is 0 Å². The Kier molecular flexibility index (Phi) is 6.60. The average Bonchev–Trinajstić information content (AvgIpc) is 2.33. The van der Waals surface area contributed by atoms with Crippen LogP contribution >= 0.6 is 0 Å². The van der Waals surface area contributed by atoms with Crippen LogP contribution in [0, 0.1) is 5.92 Å². The van der Waals surface area contributed by atoms with Gasteiger partial charge in [0.25, 0.3) is 0 Å². The highest BCUT2D eigenvalue weighted by Crippen LogP contribution is 2.18. The van der Waals surface area contributed by atoms with Crippen LogP contribution in [0.4, 0.5) is 0 Å². The van der Waals surface area contributed by atoms with Crippen molar-refractivity contribution in [2.24, 2.45) is 5.92 Å². The molecule has 1 heterocycles. The van der Waals surface area contributed by atoms with Crippen molar-refractivity contribution in [2.75, 3.05) is 25.9 Å². The zero-order chi connectivity index (χ0) is 13.6. The molecule has 0 aliphatic carbocycles. The summed E-state index contributed by atoms with van der Waals surface area (Å²) in [5, 5.41) is 3.54. The maximum Gasteiger partial charge on any atom is 0.211 e. The second-order valence-corrected chi connectivity index (χ2v) is 7.56. The Morgan fingerprint density at radius 3 is 2.78 bits per heavy atom. The molecular weight excluding hydrogens is 248 g/mol. The van der Waals surface area contributed by atoms with Gasteiger partial charge in [0.2, 0.25) is 10.0 Å². The molecule has 4 nitrogen and oxygen atoms in total. The first-order valence-corrected chi connectivity index (χ1v) is 8.96. The van der Waals surface area contributed by atoms with E-state index in [2.05, 4.69) is 19.2 Å². The maximum atomic E-state index is 11.5. The zero-order valence-corrected chi connectivity index (χ0v) is 12.8. The predicted molar refractivity (Wildman–Crippen MR) is 76.1 cm³/mol. The molecule has 5 heteroatoms. The summed E-state index contributed by atoms with van der Waals surface area (Å²) in [6.07, 6.45) is 7.14. The lowest BCUT2D eigenvalue weighted by molar-refractivity contribution is 0.255. The van der Waals surface area contributed by atoms with Gasteiger partial charge in [-0.15, -0.1) is 0 Å². The highest BCUT2D eigenvalue weighted by atomic mass is 32.2. The van der Waals surface area contributed by atoms with Crippen LogP contribution in [0.15, 0.2) is 0 Å². The third-order valence-electron chi connectivity index (χ3n) is 3.70. The van der Waals surface area contributed by atoms with E-state index in [-0.39, 0.29) is 0 Å². The van der Waals surface area contributed by atoms with E-state index < -0.39 is 10.0 Å². The van der Waals surface area contributed by atoms with E-state index in [4.69, 9.17) is 0 Å². The molecule has 1 N–H and O–H groups in total. The van der Waals surface area contributed by atoms with Gasteiger partial charge in [0.05, 0.1) is 6.26 Å². The fourth-order valence-corrected chi connectivity index (χ4v) is 3.42. The molecule has 0 amide bonds. The minimum atomic E-state index is -3.01. The first-order valence-electron chi connectivity index (χ1n) is 7.12. The quantitative estimate of drug-likeness (QED) is 0.772. The SMILES string of the molecule is CCCCC(C)NCC1CCCN(S(C)(=O)=O)C1. The lowest BCUT2D eigenvalue weighted by Crippen LogP contribution is -2.43. The molecule has 0 bridgehead atoms. The van der Waals surface area contributed by atoms with Crippen molar-refractivity contribution < 1.29 is 8.42 Å². The monoisotopic (exact) mass is 276 g/mol. The molecule has 0 aromatic rings. The minimum absolute atomic E-state index is 0.470. The topological polar surface area (TPSA) is 49.4 Å². The Balaban J connectivity index is 2.30. The molecule has 0 aromatic heterocycles. The van der Waals surface area contributed by atoms with E-state index in [0.29, 0.717) is 25.0 Å². The molecule has 1 aliphatic rings. The number of piperidine rings is 1. The van der Waals surface area contributed by atoms with E-state index in [0.717, 1.165) is 19.4 Å². The van der Waals surface area contributed by atoms with Crippen molar-refractivity contribution in [2.45, 2.75) is 52.0 Å². The number of hydrogen-bond acceptors (Lipinski definition) is 3. The van der Waals surface area contributed by atoms with Gasteiger partial charge in [-0.2, -0.15) is 0 Å². The second kappa shape index (κ2) is 7.46. The predicted octanol–water partition coefficient (Wildman–Crippen LogP) is 1.83. The summed E-state index contributed by atoms with van der Waals surface area (Å²) in [5.74, 6) is 0.470. The molecule has 1 fully saturated rings. The van der Waals surface area contributed by atoms with Crippen LogP contribution in [-0.2, 0) is 10.0 Å². The first kappa shape index (κ1) is 15.9. The van der Waals surface area contributed by atoms with Gasteiger partial charge in [-0.25, -0.2) is 12.7 Å². The van der Waals surface area contributed by atoms with Gasteiger partial charge in [0, 0.05) is 19.1 Å². The largest absolute Gasteiger partial charge is 0.314 e. The highest BCUT2D eigenvalue weighted by Gasteiger charge is 2.25. The average molecular weight is 276 g/mol. The van der Waals surface area contributed by atoms with Gasteiger partial charge in [-0.3, -0.25) is 0 Å². The molecule has 1 aliphatic heterocycles. The molecule has 2 unspecified atom stereocenters. The zero-order valence-electron chi connectivity index (χ0n) is 12.0.